The van der Waals surface area contributed by atoms with Crippen molar-refractivity contribution in [2.75, 3.05) is 30.4 Å². The molecule has 2 aliphatic rings. The van der Waals surface area contributed by atoms with Crippen LogP contribution in [0.4, 0.5) is 11.4 Å². The van der Waals surface area contributed by atoms with Crippen LogP contribution in [0.1, 0.15) is 24.0 Å². The van der Waals surface area contributed by atoms with Gasteiger partial charge in [0.15, 0.2) is 12.6 Å². The third kappa shape index (κ3) is 4.21. The highest BCUT2D eigenvalue weighted by Gasteiger charge is 2.37. The van der Waals surface area contributed by atoms with Gasteiger partial charge in [0.25, 0.3) is 5.91 Å². The van der Waals surface area contributed by atoms with E-state index in [4.69, 9.17) is 4.74 Å². The van der Waals surface area contributed by atoms with Crippen molar-refractivity contribution in [1.29, 1.82) is 0 Å². The van der Waals surface area contributed by atoms with Crippen molar-refractivity contribution in [2.24, 2.45) is 0 Å². The number of esters is 1. The number of nitrogens with zero attached hydrogens (tertiary/aromatic N) is 1. The molecule has 2 amide bonds. The zero-order valence-electron chi connectivity index (χ0n) is 17.0. The average molecular weight is 408 g/mol. The van der Waals surface area contributed by atoms with Crippen LogP contribution in [0, 0.1) is 0 Å². The highest BCUT2D eigenvalue weighted by atomic mass is 16.5. The highest BCUT2D eigenvalue weighted by Crippen LogP contribution is 2.23. The zero-order chi connectivity index (χ0) is 21.1. The molecule has 0 aromatic heterocycles. The molecular formula is C23H26N3O4+. The Morgan fingerprint density at radius 3 is 2.53 bits per heavy atom. The van der Waals surface area contributed by atoms with Crippen LogP contribution < -0.4 is 15.1 Å². The predicted octanol–water partition coefficient (Wildman–Crippen LogP) is 0.935. The van der Waals surface area contributed by atoms with E-state index in [1.54, 1.807) is 17.0 Å². The fourth-order valence-electron chi connectivity index (χ4n) is 4.30. The van der Waals surface area contributed by atoms with Gasteiger partial charge in [0, 0.05) is 36.3 Å². The number of amides is 2. The van der Waals surface area contributed by atoms with E-state index in [0.29, 0.717) is 25.1 Å². The number of rotatable bonds is 5. The summed E-state index contributed by atoms with van der Waals surface area (Å²) >= 11 is 0. The molecule has 7 nitrogen and oxygen atoms in total. The standard InChI is InChI=1S/C23H25N3O4/c1-30-23(29)20-13-16-5-2-3-6-17(16)14-25(20)15-21(27)24-18-8-10-19(11-9-18)26-12-4-7-22(26)28/h2-3,5-6,8-11,20H,4,7,12-15H2,1H3,(H,24,27)/p+1/t20-/m1/s1. The van der Waals surface area contributed by atoms with Gasteiger partial charge in [-0.15, -0.1) is 0 Å². The Bertz CT molecular complexity index is 957. The number of ether oxygens (including phenoxy) is 1. The van der Waals surface area contributed by atoms with Gasteiger partial charge in [-0.05, 0) is 36.2 Å². The van der Waals surface area contributed by atoms with E-state index in [0.717, 1.165) is 34.7 Å². The Labute approximate surface area is 175 Å². The Kier molecular flexibility index (Phi) is 5.81. The van der Waals surface area contributed by atoms with Gasteiger partial charge in [-0.3, -0.25) is 9.59 Å². The summed E-state index contributed by atoms with van der Waals surface area (Å²) < 4.78 is 4.98. The summed E-state index contributed by atoms with van der Waals surface area (Å²) in [5.74, 6) is -0.329. The molecule has 2 heterocycles. The molecule has 1 fully saturated rings. The summed E-state index contributed by atoms with van der Waals surface area (Å²) in [7, 11) is 1.38. The molecule has 2 N–H and O–H groups in total. The Morgan fingerprint density at radius 1 is 1.13 bits per heavy atom. The first-order valence-corrected chi connectivity index (χ1v) is 10.2. The third-order valence-corrected chi connectivity index (χ3v) is 5.86. The number of benzene rings is 2. The van der Waals surface area contributed by atoms with Crippen molar-refractivity contribution in [1.82, 2.24) is 0 Å². The number of hydrogen-bond donors (Lipinski definition) is 2. The van der Waals surface area contributed by atoms with Gasteiger partial charge in [0.2, 0.25) is 5.91 Å². The van der Waals surface area contributed by atoms with Crippen molar-refractivity contribution in [3.05, 3.63) is 59.7 Å². The minimum Gasteiger partial charge on any atom is -0.465 e. The Morgan fingerprint density at radius 2 is 1.87 bits per heavy atom. The summed E-state index contributed by atoms with van der Waals surface area (Å²) in [5, 5.41) is 2.90. The fraction of sp³-hybridized carbons (Fsp3) is 0.348. The van der Waals surface area contributed by atoms with Crippen LogP contribution in [0.2, 0.25) is 0 Å². The summed E-state index contributed by atoms with van der Waals surface area (Å²) in [6, 6.07) is 14.9. The second kappa shape index (κ2) is 8.67. The van der Waals surface area contributed by atoms with Gasteiger partial charge in [-0.1, -0.05) is 24.3 Å². The number of carbonyl (C=O) groups excluding carboxylic acids is 3. The van der Waals surface area contributed by atoms with E-state index in [1.165, 1.54) is 7.11 Å². The molecule has 2 aliphatic heterocycles. The maximum atomic E-state index is 12.7. The molecule has 30 heavy (non-hydrogen) atoms. The van der Waals surface area contributed by atoms with E-state index in [1.807, 2.05) is 36.4 Å². The number of hydrogen-bond acceptors (Lipinski definition) is 4. The maximum absolute atomic E-state index is 12.7. The molecule has 1 unspecified atom stereocenters. The molecule has 0 aliphatic carbocycles. The largest absolute Gasteiger partial charge is 0.465 e. The third-order valence-electron chi connectivity index (χ3n) is 5.86. The second-order valence-electron chi connectivity index (χ2n) is 7.80. The quantitative estimate of drug-likeness (QED) is 0.722. The van der Waals surface area contributed by atoms with Gasteiger partial charge in [0.1, 0.15) is 6.54 Å². The molecule has 1 saturated heterocycles. The van der Waals surface area contributed by atoms with E-state index in [-0.39, 0.29) is 24.3 Å². The molecule has 2 aromatic carbocycles. The minimum absolute atomic E-state index is 0.134. The highest BCUT2D eigenvalue weighted by molar-refractivity contribution is 5.96. The monoisotopic (exact) mass is 408 g/mol. The van der Waals surface area contributed by atoms with Crippen LogP contribution in [0.3, 0.4) is 0 Å². The molecule has 2 atom stereocenters. The Hall–Kier alpha value is -3.19. The first-order chi connectivity index (χ1) is 14.5. The average Bonchev–Trinajstić information content (AvgIpc) is 3.19. The molecular weight excluding hydrogens is 382 g/mol. The summed E-state index contributed by atoms with van der Waals surface area (Å²) in [6.45, 7) is 1.50. The number of carbonyl (C=O) groups is 3. The summed E-state index contributed by atoms with van der Waals surface area (Å²) in [5.41, 5.74) is 3.80. The van der Waals surface area contributed by atoms with Crippen LogP contribution in [-0.2, 0) is 32.1 Å². The maximum Gasteiger partial charge on any atom is 0.365 e. The summed E-state index contributed by atoms with van der Waals surface area (Å²) in [4.78, 5) is 39.5. The molecule has 0 bridgehead atoms. The minimum atomic E-state index is -0.404. The number of nitrogens with one attached hydrogen (secondary N) is 2. The molecule has 4 rings (SSSR count). The van der Waals surface area contributed by atoms with Crippen LogP contribution in [-0.4, -0.2) is 44.0 Å². The van der Waals surface area contributed by atoms with E-state index < -0.39 is 6.04 Å². The number of quaternary nitrogens is 1. The van der Waals surface area contributed by atoms with Gasteiger partial charge in [-0.25, -0.2) is 4.79 Å². The number of anilines is 2. The van der Waals surface area contributed by atoms with Crippen molar-refractivity contribution >= 4 is 29.2 Å². The fourth-order valence-corrected chi connectivity index (χ4v) is 4.30. The lowest BCUT2D eigenvalue weighted by Gasteiger charge is -2.31. The topological polar surface area (TPSA) is 80.2 Å². The van der Waals surface area contributed by atoms with Crippen LogP contribution in [0.25, 0.3) is 0 Å². The second-order valence-corrected chi connectivity index (χ2v) is 7.80. The lowest BCUT2D eigenvalue weighted by molar-refractivity contribution is -0.924. The van der Waals surface area contributed by atoms with Gasteiger partial charge in [-0.2, -0.15) is 0 Å². The van der Waals surface area contributed by atoms with Crippen LogP contribution in [0.15, 0.2) is 48.5 Å². The van der Waals surface area contributed by atoms with Crippen LogP contribution in [0.5, 0.6) is 0 Å². The summed E-state index contributed by atoms with van der Waals surface area (Å²) in [6.07, 6.45) is 2.02. The van der Waals surface area contributed by atoms with Crippen molar-refractivity contribution in [3.63, 3.8) is 0 Å². The molecule has 7 heteroatoms. The lowest BCUT2D eigenvalue weighted by Crippen LogP contribution is -3.17. The van der Waals surface area contributed by atoms with Crippen LogP contribution >= 0.6 is 0 Å². The first kappa shape index (κ1) is 20.1. The lowest BCUT2D eigenvalue weighted by atomic mass is 9.94. The van der Waals surface area contributed by atoms with E-state index in [9.17, 15) is 14.4 Å². The van der Waals surface area contributed by atoms with Gasteiger partial charge < -0.3 is 19.9 Å². The van der Waals surface area contributed by atoms with E-state index >= 15 is 0 Å². The van der Waals surface area contributed by atoms with E-state index in [2.05, 4.69) is 5.32 Å². The smallest absolute Gasteiger partial charge is 0.365 e. The van der Waals surface area contributed by atoms with Gasteiger partial charge in [0.05, 0.1) is 7.11 Å². The van der Waals surface area contributed by atoms with Gasteiger partial charge >= 0.3 is 5.97 Å². The Balaban J connectivity index is 1.42. The molecule has 0 radical (unpaired) electrons. The first-order valence-electron chi connectivity index (χ1n) is 10.2. The molecule has 2 aromatic rings. The van der Waals surface area contributed by atoms with Crippen molar-refractivity contribution < 1.29 is 24.0 Å². The van der Waals surface area contributed by atoms with Crippen molar-refractivity contribution in [2.45, 2.75) is 31.8 Å². The SMILES string of the molecule is COC(=O)[C@H]1Cc2ccccc2C[NH+]1CC(=O)Nc1ccc(N2CCCC2=O)cc1. The molecule has 0 spiro atoms. The predicted molar refractivity (Wildman–Crippen MR) is 112 cm³/mol. The molecule has 0 saturated carbocycles. The van der Waals surface area contributed by atoms with Crippen molar-refractivity contribution in [3.8, 4) is 0 Å². The number of fused-ring (bicyclic) bond motifs is 1. The number of methoxy groups -OCH3 is 1. The normalized spacial score (nSPS) is 20.6. The zero-order valence-corrected chi connectivity index (χ0v) is 17.0. The molecule has 156 valence electrons.